The molecule has 0 saturated heterocycles. The predicted octanol–water partition coefficient (Wildman–Crippen LogP) is 9.58. The molecule has 10 rings (SSSR count). The van der Waals surface area contributed by atoms with Crippen LogP contribution in [-0.4, -0.2) is 18.9 Å². The number of aromatic nitrogens is 4. The molecule has 4 aromatic heterocycles. The van der Waals surface area contributed by atoms with Crippen LogP contribution in [0.25, 0.3) is 92.2 Å². The van der Waals surface area contributed by atoms with Gasteiger partial charge in [0.2, 0.25) is 5.82 Å². The lowest BCUT2D eigenvalue weighted by molar-refractivity contribution is 1.09. The molecule has 0 fully saturated rings. The smallest absolute Gasteiger partial charge is 0.374 e. The van der Waals surface area contributed by atoms with Gasteiger partial charge in [-0.05, 0) is 35.7 Å². The molecular formula is C37H19N5. The number of rotatable bonds is 1. The SMILES string of the molecule is [C-]#[N+]c1nc(-n2c3cc4c5ccccc5n5c6ccccc6c(c3c3ccc6ccccc6c32)c45)c2ccccc2n1. The summed E-state index contributed by atoms with van der Waals surface area (Å²) in [6, 6.07) is 40.7. The molecule has 0 saturated carbocycles. The van der Waals surface area contributed by atoms with Gasteiger partial charge in [0.1, 0.15) is 5.52 Å². The second-order valence-corrected chi connectivity index (χ2v) is 10.9. The lowest BCUT2D eigenvalue weighted by Crippen LogP contribution is -2.00. The zero-order valence-electron chi connectivity index (χ0n) is 22.2. The molecule has 5 heteroatoms. The quantitative estimate of drug-likeness (QED) is 0.197. The summed E-state index contributed by atoms with van der Waals surface area (Å²) in [4.78, 5) is 13.1. The Hall–Kier alpha value is -5.99. The molecule has 0 radical (unpaired) electrons. The van der Waals surface area contributed by atoms with Gasteiger partial charge in [0.15, 0.2) is 0 Å². The zero-order valence-corrected chi connectivity index (χ0v) is 22.2. The van der Waals surface area contributed by atoms with Crippen molar-refractivity contribution in [2.45, 2.75) is 0 Å². The van der Waals surface area contributed by atoms with Crippen LogP contribution in [0.5, 0.6) is 0 Å². The van der Waals surface area contributed by atoms with Crippen molar-refractivity contribution in [1.29, 1.82) is 0 Å². The molecule has 0 aliphatic carbocycles. The lowest BCUT2D eigenvalue weighted by atomic mass is 10.0. The average Bonchev–Trinajstić information content (AvgIpc) is 3.68. The zero-order chi connectivity index (χ0) is 27.5. The van der Waals surface area contributed by atoms with E-state index in [1.807, 2.05) is 18.2 Å². The monoisotopic (exact) mass is 533 g/mol. The normalized spacial score (nSPS) is 12.3. The van der Waals surface area contributed by atoms with Gasteiger partial charge in [-0.2, -0.15) is 0 Å². The Morgan fingerprint density at radius 2 is 1.21 bits per heavy atom. The Labute approximate surface area is 238 Å². The van der Waals surface area contributed by atoms with Gasteiger partial charge in [-0.25, -0.2) is 0 Å². The third kappa shape index (κ3) is 2.53. The van der Waals surface area contributed by atoms with Crippen LogP contribution in [0.3, 0.4) is 0 Å². The fraction of sp³-hybridized carbons (Fsp3) is 0. The minimum Gasteiger partial charge on any atom is -0.394 e. The number of nitrogens with zero attached hydrogens (tertiary/aromatic N) is 5. The van der Waals surface area contributed by atoms with Crippen molar-refractivity contribution >= 4 is 87.5 Å². The molecule has 0 amide bonds. The summed E-state index contributed by atoms with van der Waals surface area (Å²) in [5, 5.41) is 10.5. The van der Waals surface area contributed by atoms with Crippen LogP contribution in [0, 0.1) is 6.57 Å². The number of benzene rings is 6. The molecule has 5 nitrogen and oxygen atoms in total. The van der Waals surface area contributed by atoms with Gasteiger partial charge in [0.05, 0.1) is 33.0 Å². The Balaban J connectivity index is 1.58. The summed E-state index contributed by atoms with van der Waals surface area (Å²) in [7, 11) is 0. The molecular weight excluding hydrogens is 514 g/mol. The highest BCUT2D eigenvalue weighted by molar-refractivity contribution is 6.37. The van der Waals surface area contributed by atoms with Crippen molar-refractivity contribution in [2.24, 2.45) is 0 Å². The fourth-order valence-corrected chi connectivity index (χ4v) is 7.26. The van der Waals surface area contributed by atoms with Crippen LogP contribution >= 0.6 is 0 Å². The average molecular weight is 534 g/mol. The van der Waals surface area contributed by atoms with Crippen molar-refractivity contribution in [1.82, 2.24) is 18.9 Å². The number of fused-ring (bicyclic) bond motifs is 13. The van der Waals surface area contributed by atoms with E-state index in [2.05, 4.69) is 116 Å². The molecule has 0 aliphatic rings. The molecule has 4 heterocycles. The Kier molecular flexibility index (Phi) is 3.94. The summed E-state index contributed by atoms with van der Waals surface area (Å²) >= 11 is 0. The molecule has 0 atom stereocenters. The molecule has 0 spiro atoms. The van der Waals surface area contributed by atoms with Crippen molar-refractivity contribution < 1.29 is 0 Å². The largest absolute Gasteiger partial charge is 0.394 e. The molecule has 192 valence electrons. The van der Waals surface area contributed by atoms with E-state index in [0.29, 0.717) is 0 Å². The van der Waals surface area contributed by atoms with Gasteiger partial charge in [-0.15, -0.1) is 16.5 Å². The summed E-state index contributed by atoms with van der Waals surface area (Å²) in [6.45, 7) is 7.82. The van der Waals surface area contributed by atoms with E-state index < -0.39 is 0 Å². The standard InChI is InChI=1S/C37H19N5/c1-38-37-39-28-15-7-4-13-24(28)36(40-37)42-31-20-27-23-12-5-8-16-29(23)41-30-17-9-6-14-25(30)33(35(27)41)32(31)26-19-18-21-10-2-3-11-22(21)34(26)42/h2-20H. The van der Waals surface area contributed by atoms with Crippen molar-refractivity contribution in [3.05, 3.63) is 127 Å². The maximum atomic E-state index is 7.82. The first kappa shape index (κ1) is 21.8. The number of hydrogen-bond acceptors (Lipinski definition) is 2. The summed E-state index contributed by atoms with van der Waals surface area (Å²) in [5.41, 5.74) is 6.57. The van der Waals surface area contributed by atoms with E-state index >= 15 is 0 Å². The lowest BCUT2D eigenvalue weighted by Gasteiger charge is -2.10. The highest BCUT2D eigenvalue weighted by Crippen LogP contribution is 2.47. The first-order valence-corrected chi connectivity index (χ1v) is 14.0. The Morgan fingerprint density at radius 3 is 2.05 bits per heavy atom. The summed E-state index contributed by atoms with van der Waals surface area (Å²) in [6.07, 6.45) is 0. The van der Waals surface area contributed by atoms with Crippen molar-refractivity contribution in [2.75, 3.05) is 0 Å². The molecule has 0 aliphatic heterocycles. The van der Waals surface area contributed by atoms with Crippen molar-refractivity contribution in [3.63, 3.8) is 0 Å². The molecule has 0 N–H and O–H groups in total. The highest BCUT2D eigenvalue weighted by atomic mass is 15.1. The van der Waals surface area contributed by atoms with Gasteiger partial charge >= 0.3 is 5.95 Å². The molecule has 42 heavy (non-hydrogen) atoms. The van der Waals surface area contributed by atoms with Crippen molar-refractivity contribution in [3.8, 4) is 5.82 Å². The van der Waals surface area contributed by atoms with E-state index in [1.165, 1.54) is 48.9 Å². The molecule has 0 bridgehead atoms. The first-order chi connectivity index (χ1) is 20.8. The van der Waals surface area contributed by atoms with Gasteiger partial charge in [-0.1, -0.05) is 84.9 Å². The summed E-state index contributed by atoms with van der Waals surface area (Å²) in [5.74, 6) is 0.871. The van der Waals surface area contributed by atoms with Crippen LogP contribution in [0.15, 0.2) is 115 Å². The van der Waals surface area contributed by atoms with E-state index in [1.54, 1.807) is 0 Å². The van der Waals surface area contributed by atoms with E-state index in [-0.39, 0.29) is 5.95 Å². The van der Waals surface area contributed by atoms with Crippen LogP contribution in [0.4, 0.5) is 5.95 Å². The number of para-hydroxylation sites is 3. The second kappa shape index (κ2) is 7.60. The summed E-state index contributed by atoms with van der Waals surface area (Å²) < 4.78 is 4.71. The molecule has 0 unspecified atom stereocenters. The minimum absolute atomic E-state index is 0.145. The third-order valence-electron chi connectivity index (χ3n) is 8.87. The van der Waals surface area contributed by atoms with Gasteiger partial charge in [-0.3, -0.25) is 4.57 Å². The maximum absolute atomic E-state index is 7.82. The van der Waals surface area contributed by atoms with Crippen LogP contribution in [0.2, 0.25) is 0 Å². The van der Waals surface area contributed by atoms with Crippen LogP contribution in [0.1, 0.15) is 0 Å². The second-order valence-electron chi connectivity index (χ2n) is 10.9. The van der Waals surface area contributed by atoms with E-state index in [4.69, 9.17) is 11.6 Å². The van der Waals surface area contributed by atoms with Crippen LogP contribution < -0.4 is 0 Å². The van der Waals surface area contributed by atoms with E-state index in [9.17, 15) is 0 Å². The molecule has 10 aromatic rings. The number of hydrogen-bond donors (Lipinski definition) is 0. The van der Waals surface area contributed by atoms with Crippen LogP contribution in [-0.2, 0) is 0 Å². The maximum Gasteiger partial charge on any atom is 0.374 e. The van der Waals surface area contributed by atoms with E-state index in [0.717, 1.165) is 38.5 Å². The first-order valence-electron chi connectivity index (χ1n) is 14.0. The van der Waals surface area contributed by atoms with Gasteiger partial charge in [0, 0.05) is 37.7 Å². The van der Waals surface area contributed by atoms with Gasteiger partial charge < -0.3 is 9.25 Å². The predicted molar refractivity (Wildman–Crippen MR) is 172 cm³/mol. The van der Waals surface area contributed by atoms with Gasteiger partial charge in [0.25, 0.3) is 0 Å². The minimum atomic E-state index is 0.145. The molecule has 6 aromatic carbocycles. The third-order valence-corrected chi connectivity index (χ3v) is 8.87. The fourth-order valence-electron chi connectivity index (χ4n) is 7.26. The Morgan fingerprint density at radius 1 is 0.524 bits per heavy atom. The highest BCUT2D eigenvalue weighted by Gasteiger charge is 2.26. The topological polar surface area (TPSA) is 39.5 Å². The Bertz CT molecular complexity index is 2810.